The molecule has 0 aromatic rings. The van der Waals surface area contributed by atoms with Gasteiger partial charge in [0.05, 0.1) is 0 Å². The molecule has 0 amide bonds. The van der Waals surface area contributed by atoms with Gasteiger partial charge in [0.25, 0.3) is 0 Å². The average molecular weight is 287 g/mol. The van der Waals surface area contributed by atoms with Crippen molar-refractivity contribution < 1.29 is 0 Å². The standard InChI is InChI=1S/C20H33N/c1-3-10-18-14(6-1)12-16-8-5-9-17-13-15-7-2-4-11-19(15)21(18)20(16)17/h14-20H,1-13H2/t14-,15-,16-,17-,18+,19+/m0/s1. The molecule has 1 heteroatoms. The zero-order valence-corrected chi connectivity index (χ0v) is 13.7. The van der Waals surface area contributed by atoms with Crippen molar-refractivity contribution in [3.05, 3.63) is 0 Å². The van der Waals surface area contributed by atoms with Crippen LogP contribution in [0.25, 0.3) is 0 Å². The van der Waals surface area contributed by atoms with Gasteiger partial charge < -0.3 is 0 Å². The van der Waals surface area contributed by atoms with Gasteiger partial charge in [-0.05, 0) is 75.0 Å². The Balaban J connectivity index is 1.51. The quantitative estimate of drug-likeness (QED) is 0.606. The number of nitrogens with zero attached hydrogens (tertiary/aromatic N) is 1. The molecule has 0 unspecified atom stereocenters. The molecule has 2 heterocycles. The van der Waals surface area contributed by atoms with Crippen LogP contribution in [-0.4, -0.2) is 23.0 Å². The van der Waals surface area contributed by atoms with Crippen LogP contribution in [0, 0.1) is 23.7 Å². The second-order valence-electron chi connectivity index (χ2n) is 9.08. The van der Waals surface area contributed by atoms with Crippen molar-refractivity contribution in [2.75, 3.05) is 0 Å². The third-order valence-electron chi connectivity index (χ3n) is 8.17. The van der Waals surface area contributed by atoms with Crippen LogP contribution in [0.5, 0.6) is 0 Å². The van der Waals surface area contributed by atoms with Crippen molar-refractivity contribution in [3.63, 3.8) is 0 Å². The Morgan fingerprint density at radius 1 is 0.476 bits per heavy atom. The van der Waals surface area contributed by atoms with E-state index in [1.165, 1.54) is 25.7 Å². The van der Waals surface area contributed by atoms with E-state index in [0.717, 1.165) is 41.8 Å². The van der Waals surface area contributed by atoms with Crippen molar-refractivity contribution in [2.24, 2.45) is 23.7 Å². The highest BCUT2D eigenvalue weighted by Gasteiger charge is 2.54. The molecule has 6 atom stereocenters. The van der Waals surface area contributed by atoms with Gasteiger partial charge in [-0.25, -0.2) is 0 Å². The normalized spacial score (nSPS) is 53.4. The number of hydrogen-bond acceptors (Lipinski definition) is 1. The molecule has 0 bridgehead atoms. The van der Waals surface area contributed by atoms with Crippen LogP contribution in [0.1, 0.15) is 83.5 Å². The molecule has 1 nitrogen and oxygen atoms in total. The molecule has 3 saturated carbocycles. The second-order valence-corrected chi connectivity index (χ2v) is 9.08. The molecule has 118 valence electrons. The minimum atomic E-state index is 1.01. The number of hydrogen-bond donors (Lipinski definition) is 0. The summed E-state index contributed by atoms with van der Waals surface area (Å²) in [4.78, 5) is 3.22. The van der Waals surface area contributed by atoms with E-state index in [2.05, 4.69) is 4.90 Å². The zero-order valence-electron chi connectivity index (χ0n) is 13.7. The fourth-order valence-corrected chi connectivity index (χ4v) is 7.55. The predicted octanol–water partition coefficient (Wildman–Crippen LogP) is 5.00. The van der Waals surface area contributed by atoms with Gasteiger partial charge >= 0.3 is 0 Å². The summed E-state index contributed by atoms with van der Waals surface area (Å²) >= 11 is 0. The maximum Gasteiger partial charge on any atom is 0.0158 e. The summed E-state index contributed by atoms with van der Waals surface area (Å²) in [7, 11) is 0. The molecule has 0 N–H and O–H groups in total. The topological polar surface area (TPSA) is 3.24 Å². The molecule has 5 rings (SSSR count). The van der Waals surface area contributed by atoms with E-state index in [1.807, 2.05) is 0 Å². The van der Waals surface area contributed by atoms with Crippen LogP contribution in [0.15, 0.2) is 0 Å². The molecule has 5 aliphatic rings. The van der Waals surface area contributed by atoms with Crippen molar-refractivity contribution in [2.45, 2.75) is 102 Å². The Bertz CT molecular complexity index is 357. The predicted molar refractivity (Wildman–Crippen MR) is 87.2 cm³/mol. The van der Waals surface area contributed by atoms with Crippen LogP contribution in [0.3, 0.4) is 0 Å². The van der Waals surface area contributed by atoms with Gasteiger partial charge in [-0.1, -0.05) is 32.1 Å². The first-order valence-electron chi connectivity index (χ1n) is 10.2. The molecule has 2 aliphatic heterocycles. The van der Waals surface area contributed by atoms with Crippen LogP contribution >= 0.6 is 0 Å². The Morgan fingerprint density at radius 2 is 0.952 bits per heavy atom. The largest absolute Gasteiger partial charge is 0.293 e. The summed E-state index contributed by atoms with van der Waals surface area (Å²) in [6.45, 7) is 0. The van der Waals surface area contributed by atoms with Crippen molar-refractivity contribution in [1.82, 2.24) is 4.90 Å². The third kappa shape index (κ3) is 2.06. The van der Waals surface area contributed by atoms with E-state index >= 15 is 0 Å². The lowest BCUT2D eigenvalue weighted by Crippen LogP contribution is -2.67. The molecule has 5 fully saturated rings. The maximum absolute atomic E-state index is 3.22. The number of fused-ring (bicyclic) bond motifs is 4. The summed E-state index contributed by atoms with van der Waals surface area (Å²) in [5, 5.41) is 0. The van der Waals surface area contributed by atoms with E-state index in [0.29, 0.717) is 0 Å². The van der Waals surface area contributed by atoms with Gasteiger partial charge in [0.2, 0.25) is 0 Å². The molecule has 0 radical (unpaired) electrons. The molecule has 0 aromatic heterocycles. The average Bonchev–Trinajstić information content (AvgIpc) is 2.54. The van der Waals surface area contributed by atoms with Crippen LogP contribution in [-0.2, 0) is 0 Å². The minimum Gasteiger partial charge on any atom is -0.293 e. The smallest absolute Gasteiger partial charge is 0.0158 e. The summed E-state index contributed by atoms with van der Waals surface area (Å²) < 4.78 is 0. The fraction of sp³-hybridized carbons (Fsp3) is 1.00. The molecular weight excluding hydrogens is 254 g/mol. The first-order chi connectivity index (χ1) is 10.4. The van der Waals surface area contributed by atoms with Gasteiger partial charge in [0, 0.05) is 18.1 Å². The fourth-order valence-electron chi connectivity index (χ4n) is 7.55. The first kappa shape index (κ1) is 13.4. The van der Waals surface area contributed by atoms with E-state index < -0.39 is 0 Å². The molecule has 2 saturated heterocycles. The van der Waals surface area contributed by atoms with Gasteiger partial charge in [-0.2, -0.15) is 0 Å². The van der Waals surface area contributed by atoms with E-state index in [-0.39, 0.29) is 0 Å². The summed E-state index contributed by atoms with van der Waals surface area (Å²) in [5.41, 5.74) is 0. The zero-order chi connectivity index (χ0) is 13.8. The number of piperidine rings is 2. The lowest BCUT2D eigenvalue weighted by molar-refractivity contribution is -0.140. The van der Waals surface area contributed by atoms with Crippen LogP contribution in [0.2, 0.25) is 0 Å². The lowest BCUT2D eigenvalue weighted by Gasteiger charge is -2.63. The molecule has 3 aliphatic carbocycles. The molecule has 21 heavy (non-hydrogen) atoms. The van der Waals surface area contributed by atoms with Crippen molar-refractivity contribution >= 4 is 0 Å². The number of rotatable bonds is 0. The third-order valence-corrected chi connectivity index (χ3v) is 8.17. The van der Waals surface area contributed by atoms with Gasteiger partial charge in [0.1, 0.15) is 0 Å². The highest BCUT2D eigenvalue weighted by atomic mass is 15.3. The molecular formula is C20H33N. The van der Waals surface area contributed by atoms with E-state index in [4.69, 9.17) is 0 Å². The SMILES string of the molecule is C1C[C@H]2C[C@@H]3CCCC[C@H]3N3C2[C@@H](C1)C[C@@H]1CCCC[C@H]13. The Kier molecular flexibility index (Phi) is 3.35. The van der Waals surface area contributed by atoms with E-state index in [9.17, 15) is 0 Å². The minimum absolute atomic E-state index is 1.01. The highest BCUT2D eigenvalue weighted by molar-refractivity contribution is 5.07. The Morgan fingerprint density at radius 3 is 1.52 bits per heavy atom. The van der Waals surface area contributed by atoms with Crippen LogP contribution in [0.4, 0.5) is 0 Å². The van der Waals surface area contributed by atoms with Crippen molar-refractivity contribution in [3.8, 4) is 0 Å². The van der Waals surface area contributed by atoms with Gasteiger partial charge in [-0.15, -0.1) is 0 Å². The molecule has 0 spiro atoms. The van der Waals surface area contributed by atoms with Crippen LogP contribution < -0.4 is 0 Å². The van der Waals surface area contributed by atoms with Gasteiger partial charge in [0.15, 0.2) is 0 Å². The van der Waals surface area contributed by atoms with Gasteiger partial charge in [-0.3, -0.25) is 4.90 Å². The first-order valence-corrected chi connectivity index (χ1v) is 10.2. The summed E-state index contributed by atoms with van der Waals surface area (Å²) in [6, 6.07) is 3.04. The summed E-state index contributed by atoms with van der Waals surface area (Å²) in [5.74, 6) is 4.34. The second kappa shape index (κ2) is 5.25. The highest BCUT2D eigenvalue weighted by Crippen LogP contribution is 2.54. The van der Waals surface area contributed by atoms with E-state index in [1.54, 1.807) is 57.8 Å². The molecule has 0 aromatic carbocycles. The Hall–Kier alpha value is -0.0400. The Labute approximate surface area is 130 Å². The van der Waals surface area contributed by atoms with Crippen molar-refractivity contribution in [1.29, 1.82) is 0 Å². The maximum atomic E-state index is 3.22. The monoisotopic (exact) mass is 287 g/mol. The summed E-state index contributed by atoms with van der Waals surface area (Å²) in [6.07, 6.45) is 20.2. The lowest BCUT2D eigenvalue weighted by atomic mass is 9.58.